The molecule has 0 aromatic rings. The van der Waals surface area contributed by atoms with Crippen LogP contribution in [0.15, 0.2) is 0 Å². The molecule has 1 fully saturated rings. The van der Waals surface area contributed by atoms with Gasteiger partial charge in [0, 0.05) is 6.61 Å². The fraction of sp³-hybridized carbons (Fsp3) is 1.00. The minimum absolute atomic E-state index is 0.527. The van der Waals surface area contributed by atoms with Crippen molar-refractivity contribution in [1.82, 2.24) is 5.32 Å². The summed E-state index contributed by atoms with van der Waals surface area (Å²) >= 11 is 0. The SMILES string of the molecule is CC(C)CNCCCOC1CC(C)CC(C)C1. The van der Waals surface area contributed by atoms with E-state index in [1.165, 1.54) is 19.3 Å². The molecule has 102 valence electrons. The van der Waals surface area contributed by atoms with Crippen molar-refractivity contribution < 1.29 is 4.74 Å². The molecule has 1 saturated carbocycles. The topological polar surface area (TPSA) is 21.3 Å². The molecule has 17 heavy (non-hydrogen) atoms. The van der Waals surface area contributed by atoms with Crippen LogP contribution >= 0.6 is 0 Å². The average molecular weight is 241 g/mol. The molecule has 0 aliphatic heterocycles. The summed E-state index contributed by atoms with van der Waals surface area (Å²) in [6.07, 6.45) is 5.59. The van der Waals surface area contributed by atoms with Crippen LogP contribution in [-0.2, 0) is 4.74 Å². The van der Waals surface area contributed by atoms with Gasteiger partial charge in [-0.15, -0.1) is 0 Å². The van der Waals surface area contributed by atoms with Crippen molar-refractivity contribution in [1.29, 1.82) is 0 Å². The zero-order valence-electron chi connectivity index (χ0n) is 12.2. The molecule has 2 heteroatoms. The summed E-state index contributed by atoms with van der Waals surface area (Å²) < 4.78 is 5.99. The standard InChI is InChI=1S/C15H31NO/c1-12(2)11-16-6-5-7-17-15-9-13(3)8-14(4)10-15/h12-16H,5-11H2,1-4H3. The molecule has 0 bridgehead atoms. The van der Waals surface area contributed by atoms with Gasteiger partial charge in [0.1, 0.15) is 0 Å². The summed E-state index contributed by atoms with van der Waals surface area (Å²) in [5.74, 6) is 2.45. The summed E-state index contributed by atoms with van der Waals surface area (Å²) in [4.78, 5) is 0. The van der Waals surface area contributed by atoms with E-state index in [-0.39, 0.29) is 0 Å². The second kappa shape index (κ2) is 8.10. The molecular weight excluding hydrogens is 210 g/mol. The van der Waals surface area contributed by atoms with Gasteiger partial charge in [0.15, 0.2) is 0 Å². The lowest BCUT2D eigenvalue weighted by Crippen LogP contribution is -2.27. The van der Waals surface area contributed by atoms with Crippen molar-refractivity contribution in [2.24, 2.45) is 17.8 Å². The lowest BCUT2D eigenvalue weighted by Gasteiger charge is -2.31. The smallest absolute Gasteiger partial charge is 0.0580 e. The third kappa shape index (κ3) is 7.05. The molecule has 0 heterocycles. The lowest BCUT2D eigenvalue weighted by molar-refractivity contribution is 0.000174. The monoisotopic (exact) mass is 241 g/mol. The Bertz CT molecular complexity index is 183. The molecule has 1 aliphatic rings. The number of nitrogens with one attached hydrogen (secondary N) is 1. The summed E-state index contributed by atoms with van der Waals surface area (Å²) in [7, 11) is 0. The van der Waals surface area contributed by atoms with Crippen LogP contribution in [0.3, 0.4) is 0 Å². The van der Waals surface area contributed by atoms with Crippen LogP contribution in [0.4, 0.5) is 0 Å². The van der Waals surface area contributed by atoms with Crippen molar-refractivity contribution in [3.05, 3.63) is 0 Å². The molecule has 1 rings (SSSR count). The molecule has 1 aliphatic carbocycles. The van der Waals surface area contributed by atoms with Crippen LogP contribution in [0.2, 0.25) is 0 Å². The van der Waals surface area contributed by atoms with Crippen molar-refractivity contribution in [2.75, 3.05) is 19.7 Å². The summed E-state index contributed by atoms with van der Waals surface area (Å²) in [6, 6.07) is 0. The Labute approximate surface area is 108 Å². The van der Waals surface area contributed by atoms with Gasteiger partial charge >= 0.3 is 0 Å². The van der Waals surface area contributed by atoms with Crippen molar-refractivity contribution in [2.45, 2.75) is 59.5 Å². The maximum Gasteiger partial charge on any atom is 0.0580 e. The van der Waals surface area contributed by atoms with E-state index < -0.39 is 0 Å². The average Bonchev–Trinajstić information content (AvgIpc) is 2.21. The van der Waals surface area contributed by atoms with Gasteiger partial charge < -0.3 is 10.1 Å². The highest BCUT2D eigenvalue weighted by Gasteiger charge is 2.23. The highest BCUT2D eigenvalue weighted by molar-refractivity contribution is 4.75. The number of rotatable bonds is 7. The van der Waals surface area contributed by atoms with Crippen LogP contribution in [0.5, 0.6) is 0 Å². The summed E-state index contributed by atoms with van der Waals surface area (Å²) in [5.41, 5.74) is 0. The highest BCUT2D eigenvalue weighted by atomic mass is 16.5. The van der Waals surface area contributed by atoms with E-state index in [0.29, 0.717) is 6.10 Å². The summed E-state index contributed by atoms with van der Waals surface area (Å²) in [5, 5.41) is 3.46. The molecule has 0 radical (unpaired) electrons. The van der Waals surface area contributed by atoms with Crippen molar-refractivity contribution in [3.8, 4) is 0 Å². The highest BCUT2D eigenvalue weighted by Crippen LogP contribution is 2.30. The van der Waals surface area contributed by atoms with Gasteiger partial charge in [0.05, 0.1) is 6.10 Å². The molecule has 0 amide bonds. The lowest BCUT2D eigenvalue weighted by atomic mass is 9.82. The first-order valence-electron chi connectivity index (χ1n) is 7.40. The number of hydrogen-bond donors (Lipinski definition) is 1. The van der Waals surface area contributed by atoms with E-state index in [9.17, 15) is 0 Å². The largest absolute Gasteiger partial charge is 0.378 e. The first-order valence-corrected chi connectivity index (χ1v) is 7.40. The zero-order valence-corrected chi connectivity index (χ0v) is 12.2. The Morgan fingerprint density at radius 1 is 1.12 bits per heavy atom. The van der Waals surface area contributed by atoms with Crippen molar-refractivity contribution >= 4 is 0 Å². The normalized spacial score (nSPS) is 29.8. The van der Waals surface area contributed by atoms with Gasteiger partial charge in [-0.2, -0.15) is 0 Å². The van der Waals surface area contributed by atoms with Crippen molar-refractivity contribution in [3.63, 3.8) is 0 Å². The molecule has 2 nitrogen and oxygen atoms in total. The van der Waals surface area contributed by atoms with Gasteiger partial charge in [-0.3, -0.25) is 0 Å². The second-order valence-electron chi connectivity index (χ2n) is 6.36. The number of ether oxygens (including phenoxy) is 1. The van der Waals surface area contributed by atoms with E-state index in [1.54, 1.807) is 0 Å². The maximum absolute atomic E-state index is 5.99. The molecular formula is C15H31NO. The molecule has 1 N–H and O–H groups in total. The maximum atomic E-state index is 5.99. The molecule has 0 saturated heterocycles. The quantitative estimate of drug-likeness (QED) is 0.689. The zero-order chi connectivity index (χ0) is 12.7. The third-order valence-corrected chi connectivity index (χ3v) is 3.54. The van der Waals surface area contributed by atoms with Crippen LogP contribution in [0, 0.1) is 17.8 Å². The third-order valence-electron chi connectivity index (χ3n) is 3.54. The van der Waals surface area contributed by atoms with E-state index >= 15 is 0 Å². The second-order valence-corrected chi connectivity index (χ2v) is 6.36. The fourth-order valence-corrected chi connectivity index (χ4v) is 2.85. The molecule has 0 aromatic heterocycles. The van der Waals surface area contributed by atoms with E-state index in [1.807, 2.05) is 0 Å². The Morgan fingerprint density at radius 3 is 2.35 bits per heavy atom. The van der Waals surface area contributed by atoms with Crippen LogP contribution in [-0.4, -0.2) is 25.8 Å². The van der Waals surface area contributed by atoms with Gasteiger partial charge in [0.2, 0.25) is 0 Å². The van der Waals surface area contributed by atoms with Crippen LogP contribution < -0.4 is 5.32 Å². The minimum Gasteiger partial charge on any atom is -0.378 e. The minimum atomic E-state index is 0.527. The van der Waals surface area contributed by atoms with E-state index in [4.69, 9.17) is 4.74 Å². The molecule has 0 spiro atoms. The van der Waals surface area contributed by atoms with Gasteiger partial charge in [0.25, 0.3) is 0 Å². The van der Waals surface area contributed by atoms with E-state index in [2.05, 4.69) is 33.0 Å². The van der Waals surface area contributed by atoms with Gasteiger partial charge in [-0.1, -0.05) is 27.7 Å². The summed E-state index contributed by atoms with van der Waals surface area (Å²) in [6.45, 7) is 12.3. The Hall–Kier alpha value is -0.0800. The van der Waals surface area contributed by atoms with Crippen LogP contribution in [0.1, 0.15) is 53.4 Å². The van der Waals surface area contributed by atoms with Gasteiger partial charge in [-0.05, 0) is 56.5 Å². The molecule has 0 aromatic carbocycles. The molecule has 2 unspecified atom stereocenters. The first kappa shape index (κ1) is 15.0. The Balaban J connectivity index is 1.98. The predicted octanol–water partition coefficient (Wildman–Crippen LogP) is 3.46. The fourth-order valence-electron chi connectivity index (χ4n) is 2.85. The molecule has 2 atom stereocenters. The number of hydrogen-bond acceptors (Lipinski definition) is 2. The Morgan fingerprint density at radius 2 is 1.76 bits per heavy atom. The Kier molecular flexibility index (Phi) is 7.14. The van der Waals surface area contributed by atoms with Gasteiger partial charge in [-0.25, -0.2) is 0 Å². The predicted molar refractivity (Wildman–Crippen MR) is 74.2 cm³/mol. The first-order chi connectivity index (χ1) is 8.08. The van der Waals surface area contributed by atoms with E-state index in [0.717, 1.165) is 43.9 Å². The van der Waals surface area contributed by atoms with Crippen LogP contribution in [0.25, 0.3) is 0 Å².